The molecule has 6 heteroatoms. The summed E-state index contributed by atoms with van der Waals surface area (Å²) in [7, 11) is 0. The molecule has 1 fully saturated rings. The van der Waals surface area contributed by atoms with Crippen molar-refractivity contribution < 1.29 is 4.79 Å². The Balaban J connectivity index is 1.42. The molecule has 1 amide bonds. The summed E-state index contributed by atoms with van der Waals surface area (Å²) in [5.74, 6) is 1.02. The summed E-state index contributed by atoms with van der Waals surface area (Å²) in [5, 5.41) is 5.92. The van der Waals surface area contributed by atoms with Gasteiger partial charge in [0, 0.05) is 10.4 Å². The Hall–Kier alpha value is -3.25. The van der Waals surface area contributed by atoms with E-state index in [1.54, 1.807) is 34.1 Å². The number of carbonyl (C=O) groups is 1. The fourth-order valence-corrected chi connectivity index (χ4v) is 5.58. The van der Waals surface area contributed by atoms with Crippen LogP contribution in [-0.4, -0.2) is 15.5 Å². The molecule has 0 saturated heterocycles. The first-order chi connectivity index (χ1) is 15.6. The quantitative estimate of drug-likeness (QED) is 0.448. The second-order valence-corrected chi connectivity index (χ2v) is 9.35. The molecule has 0 radical (unpaired) electrons. The van der Waals surface area contributed by atoms with Gasteiger partial charge in [-0.15, -0.1) is 11.3 Å². The molecule has 1 atom stereocenters. The maximum Gasteiger partial charge on any atom is 0.265 e. The molecular formula is C26H25N3O2S. The van der Waals surface area contributed by atoms with Gasteiger partial charge in [-0.1, -0.05) is 31.0 Å². The van der Waals surface area contributed by atoms with Gasteiger partial charge in [0.15, 0.2) is 0 Å². The third-order valence-corrected chi connectivity index (χ3v) is 7.29. The summed E-state index contributed by atoms with van der Waals surface area (Å²) in [6.07, 6.45) is 4.76. The zero-order valence-corrected chi connectivity index (χ0v) is 18.8. The number of benzene rings is 2. The van der Waals surface area contributed by atoms with Gasteiger partial charge in [0.25, 0.3) is 11.5 Å². The lowest BCUT2D eigenvalue weighted by molar-refractivity contribution is 0.0923. The maximum atomic E-state index is 13.1. The van der Waals surface area contributed by atoms with Gasteiger partial charge >= 0.3 is 0 Å². The molecule has 0 spiro atoms. The summed E-state index contributed by atoms with van der Waals surface area (Å²) in [6, 6.07) is 18.8. The molecule has 2 aromatic heterocycles. The van der Waals surface area contributed by atoms with Crippen LogP contribution in [0.1, 0.15) is 52.8 Å². The van der Waals surface area contributed by atoms with Crippen molar-refractivity contribution in [3.05, 3.63) is 92.7 Å². The van der Waals surface area contributed by atoms with E-state index in [0.717, 1.165) is 12.8 Å². The Morgan fingerprint density at radius 1 is 1.06 bits per heavy atom. The van der Waals surface area contributed by atoms with Crippen LogP contribution in [0.3, 0.4) is 0 Å². The molecule has 5 rings (SSSR count). The molecule has 2 aromatic carbocycles. The number of aryl methyl sites for hydroxylation is 1. The van der Waals surface area contributed by atoms with Crippen LogP contribution in [-0.2, 0) is 0 Å². The van der Waals surface area contributed by atoms with Crippen molar-refractivity contribution in [1.82, 2.24) is 14.9 Å². The first-order valence-electron chi connectivity index (χ1n) is 11.0. The van der Waals surface area contributed by atoms with E-state index < -0.39 is 0 Å². The van der Waals surface area contributed by atoms with Crippen molar-refractivity contribution in [2.45, 2.75) is 38.6 Å². The number of para-hydroxylation sites is 1. The van der Waals surface area contributed by atoms with Crippen LogP contribution in [0, 0.1) is 12.8 Å². The van der Waals surface area contributed by atoms with Gasteiger partial charge in [-0.3, -0.25) is 14.2 Å². The fraction of sp³-hybridized carbons (Fsp3) is 0.269. The molecule has 5 nitrogen and oxygen atoms in total. The lowest BCUT2D eigenvalue weighted by Crippen LogP contribution is -2.32. The van der Waals surface area contributed by atoms with Crippen molar-refractivity contribution in [2.24, 2.45) is 5.92 Å². The lowest BCUT2D eigenvalue weighted by atomic mass is 9.96. The normalized spacial score (nSPS) is 15.2. The van der Waals surface area contributed by atoms with Crippen LogP contribution >= 0.6 is 11.3 Å². The maximum absolute atomic E-state index is 13.1. The Bertz CT molecular complexity index is 1300. The largest absolute Gasteiger partial charge is 0.344 e. The van der Waals surface area contributed by atoms with Crippen LogP contribution in [0.15, 0.2) is 70.8 Å². The van der Waals surface area contributed by atoms with E-state index in [9.17, 15) is 9.59 Å². The summed E-state index contributed by atoms with van der Waals surface area (Å²) < 4.78 is 1.59. The fourth-order valence-electron chi connectivity index (χ4n) is 4.71. The van der Waals surface area contributed by atoms with Gasteiger partial charge in [-0.2, -0.15) is 0 Å². The van der Waals surface area contributed by atoms with E-state index >= 15 is 0 Å². The smallest absolute Gasteiger partial charge is 0.265 e. The van der Waals surface area contributed by atoms with E-state index in [4.69, 9.17) is 0 Å². The van der Waals surface area contributed by atoms with Crippen LogP contribution in [0.4, 0.5) is 0 Å². The van der Waals surface area contributed by atoms with E-state index in [-0.39, 0.29) is 17.5 Å². The summed E-state index contributed by atoms with van der Waals surface area (Å²) in [6.45, 7) is 1.82. The van der Waals surface area contributed by atoms with Crippen molar-refractivity contribution in [3.8, 4) is 5.69 Å². The van der Waals surface area contributed by atoms with Crippen LogP contribution in [0.5, 0.6) is 0 Å². The summed E-state index contributed by atoms with van der Waals surface area (Å²) in [5.41, 5.74) is 1.87. The molecule has 1 aliphatic carbocycles. The number of nitrogens with zero attached hydrogens (tertiary/aromatic N) is 2. The third kappa shape index (κ3) is 3.86. The van der Waals surface area contributed by atoms with Gasteiger partial charge in [-0.05, 0) is 73.5 Å². The lowest BCUT2D eigenvalue weighted by Gasteiger charge is -2.24. The zero-order chi connectivity index (χ0) is 22.1. The number of aromatic nitrogens is 2. The molecular weight excluding hydrogens is 418 g/mol. The Labute approximate surface area is 190 Å². The number of nitrogens with one attached hydrogen (secondary N) is 1. The number of amides is 1. The Kier molecular flexibility index (Phi) is 5.62. The SMILES string of the molecule is Cc1nc2ccccc2c(=O)n1-c1ccc(C(=O)NC(c2cccs2)C2CCCC2)cc1. The number of hydrogen-bond donors (Lipinski definition) is 1. The topological polar surface area (TPSA) is 64.0 Å². The first-order valence-corrected chi connectivity index (χ1v) is 11.9. The highest BCUT2D eigenvalue weighted by Crippen LogP contribution is 2.37. The first kappa shape index (κ1) is 20.6. The highest BCUT2D eigenvalue weighted by molar-refractivity contribution is 7.10. The molecule has 4 aromatic rings. The highest BCUT2D eigenvalue weighted by Gasteiger charge is 2.28. The van der Waals surface area contributed by atoms with Gasteiger partial charge in [0.2, 0.25) is 0 Å². The van der Waals surface area contributed by atoms with Crippen molar-refractivity contribution in [1.29, 1.82) is 0 Å². The van der Waals surface area contributed by atoms with Crippen LogP contribution < -0.4 is 10.9 Å². The Morgan fingerprint density at radius 2 is 1.81 bits per heavy atom. The van der Waals surface area contributed by atoms with Crippen molar-refractivity contribution >= 4 is 28.1 Å². The van der Waals surface area contributed by atoms with Crippen LogP contribution in [0.25, 0.3) is 16.6 Å². The molecule has 1 unspecified atom stereocenters. The molecule has 1 aliphatic rings. The Morgan fingerprint density at radius 3 is 2.53 bits per heavy atom. The second kappa shape index (κ2) is 8.71. The highest BCUT2D eigenvalue weighted by atomic mass is 32.1. The number of rotatable bonds is 5. The molecule has 1 saturated carbocycles. The summed E-state index contributed by atoms with van der Waals surface area (Å²) in [4.78, 5) is 31.9. The van der Waals surface area contributed by atoms with Gasteiger partial charge in [0.05, 0.1) is 22.6 Å². The average molecular weight is 444 g/mol. The predicted octanol–water partition coefficient (Wildman–Crippen LogP) is 5.42. The third-order valence-electron chi connectivity index (χ3n) is 6.34. The predicted molar refractivity (Wildman–Crippen MR) is 129 cm³/mol. The minimum Gasteiger partial charge on any atom is -0.344 e. The number of thiophene rings is 1. The molecule has 2 heterocycles. The van der Waals surface area contributed by atoms with Gasteiger partial charge in [-0.25, -0.2) is 4.98 Å². The zero-order valence-electron chi connectivity index (χ0n) is 18.0. The average Bonchev–Trinajstić information content (AvgIpc) is 3.52. The van der Waals surface area contributed by atoms with Crippen molar-refractivity contribution in [2.75, 3.05) is 0 Å². The second-order valence-electron chi connectivity index (χ2n) is 8.37. The minimum absolute atomic E-state index is 0.0548. The minimum atomic E-state index is -0.107. The van der Waals surface area contributed by atoms with Gasteiger partial charge in [0.1, 0.15) is 5.82 Å². The van der Waals surface area contributed by atoms with E-state index in [0.29, 0.717) is 33.9 Å². The van der Waals surface area contributed by atoms with Crippen LogP contribution in [0.2, 0.25) is 0 Å². The number of carbonyl (C=O) groups excluding carboxylic acids is 1. The van der Waals surface area contributed by atoms with Crippen molar-refractivity contribution in [3.63, 3.8) is 0 Å². The standard InChI is InChI=1S/C26H25N3O2S/c1-17-27-22-10-5-4-9-21(22)26(31)29(17)20-14-12-19(13-15-20)25(30)28-24(18-7-2-3-8-18)23-11-6-16-32-23/h4-6,9-16,18,24H,2-3,7-8H2,1H3,(H,28,30). The molecule has 1 N–H and O–H groups in total. The monoisotopic (exact) mass is 443 g/mol. The number of hydrogen-bond acceptors (Lipinski definition) is 4. The molecule has 0 aliphatic heterocycles. The molecule has 162 valence electrons. The van der Waals surface area contributed by atoms with E-state index in [1.807, 2.05) is 43.3 Å². The van der Waals surface area contributed by atoms with E-state index in [1.165, 1.54) is 17.7 Å². The van der Waals surface area contributed by atoms with Gasteiger partial charge < -0.3 is 5.32 Å². The molecule has 0 bridgehead atoms. The van der Waals surface area contributed by atoms with E-state index in [2.05, 4.69) is 21.7 Å². The number of fused-ring (bicyclic) bond motifs is 1. The molecule has 32 heavy (non-hydrogen) atoms. The summed E-state index contributed by atoms with van der Waals surface area (Å²) >= 11 is 1.70.